The number of pyridine rings is 1. The molecule has 0 spiro atoms. The third-order valence-electron chi connectivity index (χ3n) is 5.52. The molecule has 0 bridgehead atoms. The number of ether oxygens (including phenoxy) is 1. The van der Waals surface area contributed by atoms with Crippen LogP contribution in [0.1, 0.15) is 19.3 Å². The number of rotatable bonds is 3. The summed E-state index contributed by atoms with van der Waals surface area (Å²) in [5, 5.41) is 3.00. The summed E-state index contributed by atoms with van der Waals surface area (Å²) in [6.07, 6.45) is 7.41. The van der Waals surface area contributed by atoms with Crippen LogP contribution in [0.15, 0.2) is 24.5 Å². The van der Waals surface area contributed by atoms with Crippen LogP contribution in [-0.4, -0.2) is 48.1 Å². The molecule has 0 aromatic carbocycles. The van der Waals surface area contributed by atoms with Gasteiger partial charge in [0.05, 0.1) is 31.0 Å². The Bertz CT molecular complexity index is 532. The van der Waals surface area contributed by atoms with E-state index >= 15 is 0 Å². The van der Waals surface area contributed by atoms with Crippen LogP contribution in [0.2, 0.25) is 0 Å². The largest absolute Gasteiger partial charge is 0.380 e. The molecule has 3 aliphatic rings. The fraction of sp³-hybridized carbons (Fsp3) is 0.647. The van der Waals surface area contributed by atoms with Gasteiger partial charge in [0.25, 0.3) is 0 Å². The minimum Gasteiger partial charge on any atom is -0.380 e. The fourth-order valence-electron chi connectivity index (χ4n) is 4.02. The summed E-state index contributed by atoms with van der Waals surface area (Å²) in [7, 11) is 0. The summed E-state index contributed by atoms with van der Waals surface area (Å²) in [5.74, 6) is 0.993. The maximum Gasteiger partial charge on any atom is 0.230 e. The highest BCUT2D eigenvalue weighted by atomic mass is 16.5. The first-order valence-corrected chi connectivity index (χ1v) is 8.34. The number of amides is 1. The van der Waals surface area contributed by atoms with Gasteiger partial charge in [-0.3, -0.25) is 14.7 Å². The van der Waals surface area contributed by atoms with Gasteiger partial charge >= 0.3 is 0 Å². The number of anilines is 1. The summed E-state index contributed by atoms with van der Waals surface area (Å²) >= 11 is 0. The molecule has 1 aromatic heterocycles. The first-order chi connectivity index (χ1) is 10.8. The van der Waals surface area contributed by atoms with Gasteiger partial charge in [0.1, 0.15) is 0 Å². The second kappa shape index (κ2) is 5.97. The van der Waals surface area contributed by atoms with E-state index in [-0.39, 0.29) is 11.8 Å². The highest BCUT2D eigenvalue weighted by molar-refractivity contribution is 5.92. The molecule has 22 heavy (non-hydrogen) atoms. The van der Waals surface area contributed by atoms with Crippen LogP contribution in [-0.2, 0) is 9.53 Å². The summed E-state index contributed by atoms with van der Waals surface area (Å²) in [4.78, 5) is 19.3. The molecular weight excluding hydrogens is 278 g/mol. The lowest BCUT2D eigenvalue weighted by atomic mass is 9.82. The van der Waals surface area contributed by atoms with Gasteiger partial charge in [-0.15, -0.1) is 0 Å². The van der Waals surface area contributed by atoms with E-state index in [1.54, 1.807) is 12.4 Å². The first kappa shape index (κ1) is 14.2. The lowest BCUT2D eigenvalue weighted by Crippen LogP contribution is -2.42. The molecule has 5 heteroatoms. The molecule has 3 heterocycles. The van der Waals surface area contributed by atoms with Crippen LogP contribution in [0.5, 0.6) is 0 Å². The lowest BCUT2D eigenvalue weighted by Gasteiger charge is -2.35. The predicted octanol–water partition coefficient (Wildman–Crippen LogP) is 1.77. The van der Waals surface area contributed by atoms with Crippen molar-refractivity contribution in [2.45, 2.75) is 25.3 Å². The van der Waals surface area contributed by atoms with E-state index in [4.69, 9.17) is 4.74 Å². The van der Waals surface area contributed by atoms with Gasteiger partial charge in [-0.25, -0.2) is 0 Å². The van der Waals surface area contributed by atoms with Gasteiger partial charge in [-0.05, 0) is 36.8 Å². The average Bonchev–Trinajstić information content (AvgIpc) is 2.89. The molecule has 2 saturated heterocycles. The zero-order valence-corrected chi connectivity index (χ0v) is 12.8. The van der Waals surface area contributed by atoms with Crippen molar-refractivity contribution in [2.24, 2.45) is 17.8 Å². The van der Waals surface area contributed by atoms with Crippen molar-refractivity contribution < 1.29 is 9.53 Å². The molecule has 4 rings (SSSR count). The number of nitrogens with zero attached hydrogens (tertiary/aromatic N) is 2. The number of likely N-dealkylation sites (tertiary alicyclic amines) is 1. The topological polar surface area (TPSA) is 54.5 Å². The second-order valence-corrected chi connectivity index (χ2v) is 6.84. The molecule has 1 amide bonds. The third kappa shape index (κ3) is 2.63. The van der Waals surface area contributed by atoms with Gasteiger partial charge in [0, 0.05) is 25.3 Å². The molecule has 118 valence electrons. The monoisotopic (exact) mass is 301 g/mol. The van der Waals surface area contributed by atoms with Crippen molar-refractivity contribution >= 4 is 11.6 Å². The number of carbonyl (C=O) groups excluding carboxylic acids is 1. The minimum absolute atomic E-state index is 0.0379. The van der Waals surface area contributed by atoms with Crippen LogP contribution in [0.3, 0.4) is 0 Å². The number of fused-ring (bicyclic) bond motifs is 1. The molecule has 0 radical (unpaired) electrons. The number of aromatic nitrogens is 1. The van der Waals surface area contributed by atoms with E-state index < -0.39 is 0 Å². The highest BCUT2D eigenvalue weighted by Gasteiger charge is 2.46. The quantitative estimate of drug-likeness (QED) is 0.924. The lowest BCUT2D eigenvalue weighted by molar-refractivity contribution is -0.128. The summed E-state index contributed by atoms with van der Waals surface area (Å²) in [5.41, 5.74) is 0.767. The SMILES string of the molecule is O=C(Nc1cccnc1)[C@@H]1COC[C@H]2CN(C3CCC3)C[C@H]21. The molecule has 2 aliphatic heterocycles. The average molecular weight is 301 g/mol. The van der Waals surface area contributed by atoms with E-state index in [2.05, 4.69) is 15.2 Å². The van der Waals surface area contributed by atoms with E-state index in [0.717, 1.165) is 31.4 Å². The smallest absolute Gasteiger partial charge is 0.230 e. The molecule has 1 N–H and O–H groups in total. The molecule has 1 aliphatic carbocycles. The maximum absolute atomic E-state index is 12.6. The Balaban J connectivity index is 1.43. The summed E-state index contributed by atoms with van der Waals surface area (Å²) in [6.45, 7) is 3.52. The Kier molecular flexibility index (Phi) is 3.84. The zero-order chi connectivity index (χ0) is 14.9. The zero-order valence-electron chi connectivity index (χ0n) is 12.8. The van der Waals surface area contributed by atoms with Gasteiger partial charge in [0.2, 0.25) is 5.91 Å². The van der Waals surface area contributed by atoms with Crippen molar-refractivity contribution in [1.82, 2.24) is 9.88 Å². The number of carbonyl (C=O) groups is 1. The Morgan fingerprint density at radius 1 is 1.32 bits per heavy atom. The van der Waals surface area contributed by atoms with Crippen molar-refractivity contribution in [3.05, 3.63) is 24.5 Å². The van der Waals surface area contributed by atoms with Crippen LogP contribution in [0.4, 0.5) is 5.69 Å². The van der Waals surface area contributed by atoms with Gasteiger partial charge in [-0.1, -0.05) is 6.42 Å². The third-order valence-corrected chi connectivity index (χ3v) is 5.52. The van der Waals surface area contributed by atoms with Crippen molar-refractivity contribution in [3.8, 4) is 0 Å². The Morgan fingerprint density at radius 2 is 2.23 bits per heavy atom. The molecule has 3 atom stereocenters. The number of hydrogen-bond acceptors (Lipinski definition) is 4. The van der Waals surface area contributed by atoms with Crippen LogP contribution in [0.25, 0.3) is 0 Å². The van der Waals surface area contributed by atoms with Crippen molar-refractivity contribution in [3.63, 3.8) is 0 Å². The van der Waals surface area contributed by atoms with E-state index in [1.807, 2.05) is 12.1 Å². The summed E-state index contributed by atoms with van der Waals surface area (Å²) in [6, 6.07) is 4.47. The Morgan fingerprint density at radius 3 is 2.95 bits per heavy atom. The van der Waals surface area contributed by atoms with E-state index in [9.17, 15) is 4.79 Å². The number of nitrogens with one attached hydrogen (secondary N) is 1. The predicted molar refractivity (Wildman–Crippen MR) is 83.4 cm³/mol. The van der Waals surface area contributed by atoms with Crippen molar-refractivity contribution in [2.75, 3.05) is 31.6 Å². The van der Waals surface area contributed by atoms with Gasteiger partial charge in [0.15, 0.2) is 0 Å². The van der Waals surface area contributed by atoms with Crippen LogP contribution < -0.4 is 5.32 Å². The first-order valence-electron chi connectivity index (χ1n) is 8.34. The normalized spacial score (nSPS) is 32.3. The molecule has 0 unspecified atom stereocenters. The molecule has 1 aromatic rings. The van der Waals surface area contributed by atoms with Gasteiger partial charge < -0.3 is 10.1 Å². The standard InChI is InChI=1S/C17H23N3O2/c21-17(19-13-3-2-6-18-7-13)16-11-22-10-12-8-20(9-15(12)16)14-4-1-5-14/h2-3,6-7,12,14-16H,1,4-5,8-11H2,(H,19,21)/t12-,15-,16-/m1/s1. The van der Waals surface area contributed by atoms with Crippen LogP contribution >= 0.6 is 0 Å². The van der Waals surface area contributed by atoms with E-state index in [0.29, 0.717) is 18.4 Å². The Labute approximate surface area is 131 Å². The molecular formula is C17H23N3O2. The fourth-order valence-corrected chi connectivity index (χ4v) is 4.02. The Hall–Kier alpha value is -1.46. The number of hydrogen-bond donors (Lipinski definition) is 1. The van der Waals surface area contributed by atoms with Crippen molar-refractivity contribution in [1.29, 1.82) is 0 Å². The van der Waals surface area contributed by atoms with Crippen LogP contribution in [0, 0.1) is 17.8 Å². The highest BCUT2D eigenvalue weighted by Crippen LogP contribution is 2.38. The maximum atomic E-state index is 12.6. The molecule has 5 nitrogen and oxygen atoms in total. The molecule has 3 fully saturated rings. The van der Waals surface area contributed by atoms with E-state index in [1.165, 1.54) is 19.3 Å². The summed E-state index contributed by atoms with van der Waals surface area (Å²) < 4.78 is 5.73. The second-order valence-electron chi connectivity index (χ2n) is 6.84. The minimum atomic E-state index is -0.0379. The molecule has 1 saturated carbocycles. The van der Waals surface area contributed by atoms with Gasteiger partial charge in [-0.2, -0.15) is 0 Å².